The molecule has 2 heterocycles. The summed E-state index contributed by atoms with van der Waals surface area (Å²) in [6.45, 7) is 5.04. The molecule has 0 saturated carbocycles. The molecule has 2 N–H and O–H groups in total. The molecule has 1 fully saturated rings. The van der Waals surface area contributed by atoms with E-state index in [9.17, 15) is 0 Å². The summed E-state index contributed by atoms with van der Waals surface area (Å²) >= 11 is 0. The molecule has 16 heavy (non-hydrogen) atoms. The Morgan fingerprint density at radius 2 is 2.31 bits per heavy atom. The van der Waals surface area contributed by atoms with Crippen LogP contribution in [-0.4, -0.2) is 24.2 Å². The van der Waals surface area contributed by atoms with E-state index in [1.54, 1.807) is 0 Å². The molecule has 3 nitrogen and oxygen atoms in total. The second kappa shape index (κ2) is 6.06. The molecule has 0 spiro atoms. The lowest BCUT2D eigenvalue weighted by Gasteiger charge is -2.09. The molecule has 1 aliphatic heterocycles. The molecule has 1 atom stereocenters. The molecule has 1 aromatic heterocycles. The molecule has 1 saturated heterocycles. The zero-order valence-electron chi connectivity index (χ0n) is 10.1. The van der Waals surface area contributed by atoms with E-state index in [1.807, 2.05) is 0 Å². The Kier molecular flexibility index (Phi) is 4.43. The molecule has 3 heteroatoms. The van der Waals surface area contributed by atoms with Crippen molar-refractivity contribution >= 4 is 0 Å². The van der Waals surface area contributed by atoms with Gasteiger partial charge in [0.2, 0.25) is 0 Å². The largest absolute Gasteiger partial charge is 0.377 e. The van der Waals surface area contributed by atoms with Gasteiger partial charge in [0.1, 0.15) is 0 Å². The van der Waals surface area contributed by atoms with Crippen molar-refractivity contribution in [2.24, 2.45) is 0 Å². The van der Waals surface area contributed by atoms with Crippen LogP contribution in [0.25, 0.3) is 0 Å². The summed E-state index contributed by atoms with van der Waals surface area (Å²) in [5.74, 6) is 0. The Labute approximate surface area is 97.6 Å². The number of aromatic nitrogens is 1. The number of hydrogen-bond donors (Lipinski definition) is 2. The maximum atomic E-state index is 5.56. The maximum absolute atomic E-state index is 5.56. The first kappa shape index (κ1) is 11.7. The first-order chi connectivity index (χ1) is 7.88. The summed E-state index contributed by atoms with van der Waals surface area (Å²) in [4.78, 5) is 3.44. The van der Waals surface area contributed by atoms with Crippen molar-refractivity contribution in [2.45, 2.75) is 45.3 Å². The average molecular weight is 222 g/mol. The molecular weight excluding hydrogens is 200 g/mol. The predicted molar refractivity (Wildman–Crippen MR) is 65.5 cm³/mol. The van der Waals surface area contributed by atoms with Gasteiger partial charge in [-0.15, -0.1) is 0 Å². The van der Waals surface area contributed by atoms with Crippen LogP contribution in [0, 0.1) is 0 Å². The summed E-state index contributed by atoms with van der Waals surface area (Å²) < 4.78 is 5.56. The highest BCUT2D eigenvalue weighted by Gasteiger charge is 2.14. The first-order valence-corrected chi connectivity index (χ1v) is 6.37. The SMILES string of the molecule is CCCc1ccc(CNC[C@@H]2CCCO2)[nH]1. The van der Waals surface area contributed by atoms with E-state index >= 15 is 0 Å². The van der Waals surface area contributed by atoms with Gasteiger partial charge in [-0.1, -0.05) is 13.3 Å². The van der Waals surface area contributed by atoms with Crippen LogP contribution in [0.4, 0.5) is 0 Å². The number of aromatic amines is 1. The van der Waals surface area contributed by atoms with E-state index in [2.05, 4.69) is 29.4 Å². The lowest BCUT2D eigenvalue weighted by atomic mass is 10.2. The Morgan fingerprint density at radius 1 is 1.44 bits per heavy atom. The fourth-order valence-corrected chi connectivity index (χ4v) is 2.18. The maximum Gasteiger partial charge on any atom is 0.0700 e. The van der Waals surface area contributed by atoms with Crippen LogP contribution < -0.4 is 5.32 Å². The molecule has 2 rings (SSSR count). The fraction of sp³-hybridized carbons (Fsp3) is 0.692. The third-order valence-electron chi connectivity index (χ3n) is 3.04. The van der Waals surface area contributed by atoms with Crippen LogP contribution in [0.15, 0.2) is 12.1 Å². The van der Waals surface area contributed by atoms with Crippen LogP contribution in [0.2, 0.25) is 0 Å². The number of ether oxygens (including phenoxy) is 1. The van der Waals surface area contributed by atoms with E-state index < -0.39 is 0 Å². The highest BCUT2D eigenvalue weighted by atomic mass is 16.5. The van der Waals surface area contributed by atoms with Gasteiger partial charge in [0.15, 0.2) is 0 Å². The molecule has 1 aliphatic rings. The van der Waals surface area contributed by atoms with Gasteiger partial charge in [-0.3, -0.25) is 0 Å². The Morgan fingerprint density at radius 3 is 3.06 bits per heavy atom. The van der Waals surface area contributed by atoms with Crippen molar-refractivity contribution in [3.63, 3.8) is 0 Å². The van der Waals surface area contributed by atoms with Gasteiger partial charge in [-0.2, -0.15) is 0 Å². The van der Waals surface area contributed by atoms with Crippen molar-refractivity contribution in [3.05, 3.63) is 23.5 Å². The lowest BCUT2D eigenvalue weighted by Crippen LogP contribution is -2.25. The molecule has 0 radical (unpaired) electrons. The quantitative estimate of drug-likeness (QED) is 0.774. The van der Waals surface area contributed by atoms with Gasteiger partial charge < -0.3 is 15.0 Å². The monoisotopic (exact) mass is 222 g/mol. The Hall–Kier alpha value is -0.800. The van der Waals surface area contributed by atoms with E-state index in [1.165, 1.54) is 30.7 Å². The highest BCUT2D eigenvalue weighted by Crippen LogP contribution is 2.11. The third-order valence-corrected chi connectivity index (χ3v) is 3.04. The minimum Gasteiger partial charge on any atom is -0.377 e. The summed E-state index contributed by atoms with van der Waals surface area (Å²) in [6.07, 6.45) is 5.20. The van der Waals surface area contributed by atoms with E-state index in [0.29, 0.717) is 6.10 Å². The number of rotatable bonds is 6. The summed E-state index contributed by atoms with van der Waals surface area (Å²) in [7, 11) is 0. The van der Waals surface area contributed by atoms with E-state index in [4.69, 9.17) is 4.74 Å². The fourth-order valence-electron chi connectivity index (χ4n) is 2.18. The minimum absolute atomic E-state index is 0.435. The van der Waals surface area contributed by atoms with Crippen molar-refractivity contribution in [1.29, 1.82) is 0 Å². The van der Waals surface area contributed by atoms with Crippen molar-refractivity contribution in [3.8, 4) is 0 Å². The zero-order chi connectivity index (χ0) is 11.2. The van der Waals surface area contributed by atoms with Crippen molar-refractivity contribution in [2.75, 3.05) is 13.2 Å². The summed E-state index contributed by atoms with van der Waals surface area (Å²) in [6, 6.07) is 4.36. The molecule has 0 aromatic carbocycles. The predicted octanol–water partition coefficient (Wildman–Crippen LogP) is 2.24. The number of nitrogens with one attached hydrogen (secondary N) is 2. The number of hydrogen-bond acceptors (Lipinski definition) is 2. The summed E-state index contributed by atoms with van der Waals surface area (Å²) in [5.41, 5.74) is 2.62. The topological polar surface area (TPSA) is 37.0 Å². The third kappa shape index (κ3) is 3.35. The van der Waals surface area contributed by atoms with Crippen molar-refractivity contribution in [1.82, 2.24) is 10.3 Å². The van der Waals surface area contributed by atoms with Gasteiger partial charge in [0.25, 0.3) is 0 Å². The highest BCUT2D eigenvalue weighted by molar-refractivity contribution is 5.13. The normalized spacial score (nSPS) is 20.4. The molecule has 0 amide bonds. The smallest absolute Gasteiger partial charge is 0.0700 e. The van der Waals surface area contributed by atoms with E-state index in [0.717, 1.165) is 26.1 Å². The number of aryl methyl sites for hydroxylation is 1. The van der Waals surface area contributed by atoms with Crippen LogP contribution in [-0.2, 0) is 17.7 Å². The molecule has 0 unspecified atom stereocenters. The van der Waals surface area contributed by atoms with Crippen LogP contribution in [0.3, 0.4) is 0 Å². The molecular formula is C13H22N2O. The summed E-state index contributed by atoms with van der Waals surface area (Å²) in [5, 5.41) is 3.44. The van der Waals surface area contributed by atoms with Gasteiger partial charge in [-0.25, -0.2) is 0 Å². The molecule has 0 aliphatic carbocycles. The Balaban J connectivity index is 1.67. The van der Waals surface area contributed by atoms with Crippen molar-refractivity contribution < 1.29 is 4.74 Å². The van der Waals surface area contributed by atoms with Crippen LogP contribution in [0.5, 0.6) is 0 Å². The average Bonchev–Trinajstić information content (AvgIpc) is 2.90. The van der Waals surface area contributed by atoms with Crippen LogP contribution >= 0.6 is 0 Å². The molecule has 1 aromatic rings. The minimum atomic E-state index is 0.435. The van der Waals surface area contributed by atoms with Gasteiger partial charge in [-0.05, 0) is 31.4 Å². The zero-order valence-corrected chi connectivity index (χ0v) is 10.1. The second-order valence-electron chi connectivity index (χ2n) is 4.52. The molecule has 90 valence electrons. The Bertz CT molecular complexity index is 303. The molecule has 0 bridgehead atoms. The van der Waals surface area contributed by atoms with Gasteiger partial charge in [0, 0.05) is 31.1 Å². The number of H-pyrrole nitrogens is 1. The van der Waals surface area contributed by atoms with E-state index in [-0.39, 0.29) is 0 Å². The van der Waals surface area contributed by atoms with Gasteiger partial charge >= 0.3 is 0 Å². The second-order valence-corrected chi connectivity index (χ2v) is 4.52. The standard InChI is InChI=1S/C13H22N2O/c1-2-4-11-6-7-12(15-11)9-14-10-13-5-3-8-16-13/h6-7,13-15H,2-5,8-10H2,1H3/t13-/m0/s1. The van der Waals surface area contributed by atoms with Gasteiger partial charge in [0.05, 0.1) is 6.10 Å². The first-order valence-electron chi connectivity index (χ1n) is 6.37. The lowest BCUT2D eigenvalue weighted by molar-refractivity contribution is 0.110. The van der Waals surface area contributed by atoms with Crippen LogP contribution in [0.1, 0.15) is 37.6 Å².